The number of nitrogens with zero attached hydrogens (tertiary/aromatic N) is 1. The van der Waals surface area contributed by atoms with Crippen molar-refractivity contribution >= 4 is 23.2 Å². The van der Waals surface area contributed by atoms with Gasteiger partial charge in [0.2, 0.25) is 0 Å². The molecule has 2 rings (SSSR count). The maximum atomic E-state index is 5.97. The lowest BCUT2D eigenvalue weighted by Gasteiger charge is -2.34. The highest BCUT2D eigenvalue weighted by Gasteiger charge is 2.27. The third-order valence-electron chi connectivity index (χ3n) is 3.09. The second-order valence-electron chi connectivity index (χ2n) is 4.76. The third-order valence-corrected chi connectivity index (χ3v) is 3.68. The first-order chi connectivity index (χ1) is 7.63. The first-order valence-electron chi connectivity index (χ1n) is 5.70. The van der Waals surface area contributed by atoms with Crippen LogP contribution in [0.2, 0.25) is 5.02 Å². The molecule has 16 heavy (non-hydrogen) atoms. The summed E-state index contributed by atoms with van der Waals surface area (Å²) in [5.41, 5.74) is 1.27. The summed E-state index contributed by atoms with van der Waals surface area (Å²) in [5.74, 6) is 0.784. The minimum absolute atomic E-state index is 0.421. The Balaban J connectivity index is 1.80. The number of hydrogen-bond acceptors (Lipinski definition) is 1. The highest BCUT2D eigenvalue weighted by Crippen LogP contribution is 2.32. The molecule has 0 radical (unpaired) electrons. The Morgan fingerprint density at radius 2 is 2.12 bits per heavy atom. The van der Waals surface area contributed by atoms with E-state index in [1.165, 1.54) is 18.4 Å². The number of benzene rings is 1. The van der Waals surface area contributed by atoms with Crippen LogP contribution in [0.1, 0.15) is 18.4 Å². The molecule has 0 atom stereocenters. The normalized spacial score (nSPS) is 24.5. The molecule has 3 heteroatoms. The van der Waals surface area contributed by atoms with E-state index >= 15 is 0 Å². The van der Waals surface area contributed by atoms with Crippen LogP contribution in [-0.2, 0) is 6.54 Å². The topological polar surface area (TPSA) is 3.24 Å². The Morgan fingerprint density at radius 1 is 1.38 bits per heavy atom. The Morgan fingerprint density at radius 3 is 2.75 bits per heavy atom. The van der Waals surface area contributed by atoms with Gasteiger partial charge in [-0.2, -0.15) is 0 Å². The van der Waals surface area contributed by atoms with Crippen molar-refractivity contribution in [3.63, 3.8) is 0 Å². The second-order valence-corrected chi connectivity index (χ2v) is 5.82. The van der Waals surface area contributed by atoms with Gasteiger partial charge in [0, 0.05) is 23.5 Å². The summed E-state index contributed by atoms with van der Waals surface area (Å²) >= 11 is 11.9. The van der Waals surface area contributed by atoms with Crippen LogP contribution in [0.3, 0.4) is 0 Å². The van der Waals surface area contributed by atoms with E-state index in [9.17, 15) is 0 Å². The van der Waals surface area contributed by atoms with Crippen molar-refractivity contribution in [2.45, 2.75) is 24.8 Å². The standard InChI is InChI=1S/C13H17Cl2N/c1-16(9-11-6-13(15)7-11)8-10-3-2-4-12(14)5-10/h2-5,11,13H,6-9H2,1H3. The number of halogens is 2. The number of rotatable bonds is 4. The van der Waals surface area contributed by atoms with E-state index in [2.05, 4.69) is 18.0 Å². The van der Waals surface area contributed by atoms with Gasteiger partial charge in [0.15, 0.2) is 0 Å². The van der Waals surface area contributed by atoms with Gasteiger partial charge in [0.1, 0.15) is 0 Å². The van der Waals surface area contributed by atoms with Crippen LogP contribution in [0.5, 0.6) is 0 Å². The van der Waals surface area contributed by atoms with Crippen LogP contribution in [0, 0.1) is 5.92 Å². The zero-order chi connectivity index (χ0) is 11.5. The van der Waals surface area contributed by atoms with Crippen LogP contribution < -0.4 is 0 Å². The average Bonchev–Trinajstić information content (AvgIpc) is 2.15. The molecule has 1 aliphatic rings. The van der Waals surface area contributed by atoms with Crippen molar-refractivity contribution in [3.8, 4) is 0 Å². The van der Waals surface area contributed by atoms with Crippen molar-refractivity contribution in [3.05, 3.63) is 34.9 Å². The van der Waals surface area contributed by atoms with Crippen LogP contribution in [0.25, 0.3) is 0 Å². The maximum absolute atomic E-state index is 5.97. The molecule has 1 aromatic rings. The van der Waals surface area contributed by atoms with Crippen molar-refractivity contribution in [2.24, 2.45) is 5.92 Å². The van der Waals surface area contributed by atoms with Gasteiger partial charge in [0.05, 0.1) is 0 Å². The molecule has 1 aromatic carbocycles. The fourth-order valence-corrected chi connectivity index (χ4v) is 2.97. The Labute approximate surface area is 107 Å². The Hall–Kier alpha value is -0.240. The number of alkyl halides is 1. The van der Waals surface area contributed by atoms with E-state index in [0.717, 1.165) is 24.0 Å². The lowest BCUT2D eigenvalue weighted by atomic mass is 9.84. The summed E-state index contributed by atoms with van der Waals surface area (Å²) in [6.45, 7) is 2.10. The molecule has 1 saturated carbocycles. The van der Waals surface area contributed by atoms with E-state index < -0.39 is 0 Å². The van der Waals surface area contributed by atoms with Gasteiger partial charge >= 0.3 is 0 Å². The molecule has 1 fully saturated rings. The summed E-state index contributed by atoms with van der Waals surface area (Å²) < 4.78 is 0. The first kappa shape index (κ1) is 12.2. The van der Waals surface area contributed by atoms with E-state index in [0.29, 0.717) is 5.38 Å². The minimum atomic E-state index is 0.421. The van der Waals surface area contributed by atoms with Crippen molar-refractivity contribution in [1.29, 1.82) is 0 Å². The molecule has 1 aliphatic carbocycles. The van der Waals surface area contributed by atoms with Gasteiger partial charge in [-0.3, -0.25) is 0 Å². The van der Waals surface area contributed by atoms with E-state index in [1.54, 1.807) is 0 Å². The molecular weight excluding hydrogens is 241 g/mol. The third kappa shape index (κ3) is 3.38. The Bertz CT molecular complexity index is 348. The van der Waals surface area contributed by atoms with Gasteiger partial charge < -0.3 is 4.90 Å². The maximum Gasteiger partial charge on any atom is 0.0409 e. The van der Waals surface area contributed by atoms with Gasteiger partial charge in [-0.25, -0.2) is 0 Å². The van der Waals surface area contributed by atoms with Gasteiger partial charge in [-0.05, 0) is 43.5 Å². The molecule has 0 aliphatic heterocycles. The summed E-state index contributed by atoms with van der Waals surface area (Å²) in [7, 11) is 2.16. The number of hydrogen-bond donors (Lipinski definition) is 0. The molecule has 0 unspecified atom stereocenters. The zero-order valence-corrected chi connectivity index (χ0v) is 11.0. The van der Waals surface area contributed by atoms with Crippen LogP contribution in [-0.4, -0.2) is 23.9 Å². The largest absolute Gasteiger partial charge is 0.302 e. The van der Waals surface area contributed by atoms with Gasteiger partial charge in [0.25, 0.3) is 0 Å². The molecule has 0 aromatic heterocycles. The lowest BCUT2D eigenvalue weighted by molar-refractivity contribution is 0.204. The molecule has 0 amide bonds. The van der Waals surface area contributed by atoms with Gasteiger partial charge in [-0.15, -0.1) is 11.6 Å². The monoisotopic (exact) mass is 257 g/mol. The predicted molar refractivity (Wildman–Crippen MR) is 70.2 cm³/mol. The van der Waals surface area contributed by atoms with Crippen LogP contribution in [0.15, 0.2) is 24.3 Å². The quantitative estimate of drug-likeness (QED) is 0.743. The summed E-state index contributed by atoms with van der Waals surface area (Å²) in [4.78, 5) is 2.35. The Kier molecular flexibility index (Phi) is 4.12. The van der Waals surface area contributed by atoms with E-state index in [4.69, 9.17) is 23.2 Å². The first-order valence-corrected chi connectivity index (χ1v) is 6.52. The zero-order valence-electron chi connectivity index (χ0n) is 9.50. The highest BCUT2D eigenvalue weighted by atomic mass is 35.5. The van der Waals surface area contributed by atoms with E-state index in [1.807, 2.05) is 18.2 Å². The summed E-state index contributed by atoms with van der Waals surface area (Å²) in [6, 6.07) is 8.06. The highest BCUT2D eigenvalue weighted by molar-refractivity contribution is 6.30. The lowest BCUT2D eigenvalue weighted by Crippen LogP contribution is -2.34. The van der Waals surface area contributed by atoms with Crippen molar-refractivity contribution in [2.75, 3.05) is 13.6 Å². The SMILES string of the molecule is CN(Cc1cccc(Cl)c1)CC1CC(Cl)C1. The fraction of sp³-hybridized carbons (Fsp3) is 0.538. The summed E-state index contributed by atoms with van der Waals surface area (Å²) in [6.07, 6.45) is 2.34. The molecule has 1 nitrogen and oxygen atoms in total. The minimum Gasteiger partial charge on any atom is -0.302 e. The van der Waals surface area contributed by atoms with Crippen LogP contribution in [0.4, 0.5) is 0 Å². The molecule has 0 bridgehead atoms. The van der Waals surface area contributed by atoms with Crippen LogP contribution >= 0.6 is 23.2 Å². The molecule has 0 heterocycles. The summed E-state index contributed by atoms with van der Waals surface area (Å²) in [5, 5.41) is 1.24. The van der Waals surface area contributed by atoms with E-state index in [-0.39, 0.29) is 0 Å². The van der Waals surface area contributed by atoms with Crippen molar-refractivity contribution < 1.29 is 0 Å². The molecule has 0 saturated heterocycles. The molecule has 0 N–H and O–H groups in total. The molecular formula is C13H17Cl2N. The van der Waals surface area contributed by atoms with Crippen molar-refractivity contribution in [1.82, 2.24) is 4.90 Å². The van der Waals surface area contributed by atoms with Gasteiger partial charge in [-0.1, -0.05) is 23.7 Å². The molecule has 88 valence electrons. The fourth-order valence-electron chi connectivity index (χ4n) is 2.26. The molecule has 0 spiro atoms. The average molecular weight is 258 g/mol. The smallest absolute Gasteiger partial charge is 0.0409 e. The second kappa shape index (κ2) is 5.39. The predicted octanol–water partition coefficient (Wildman–Crippen LogP) is 3.79.